The highest BCUT2D eigenvalue weighted by molar-refractivity contribution is 5.90. The van der Waals surface area contributed by atoms with Crippen LogP contribution in [-0.4, -0.2) is 18.2 Å². The van der Waals surface area contributed by atoms with Crippen molar-refractivity contribution in [3.63, 3.8) is 0 Å². The molecule has 25 heavy (non-hydrogen) atoms. The first-order chi connectivity index (χ1) is 11.8. The summed E-state index contributed by atoms with van der Waals surface area (Å²) < 4.78 is 17.1. The minimum absolute atomic E-state index is 0.233. The summed E-state index contributed by atoms with van der Waals surface area (Å²) in [7, 11) is 0. The van der Waals surface area contributed by atoms with Crippen LogP contribution >= 0.6 is 0 Å². The molecule has 4 rings (SSSR count). The van der Waals surface area contributed by atoms with Gasteiger partial charge in [0.15, 0.2) is 0 Å². The van der Waals surface area contributed by atoms with Crippen LogP contribution in [0.5, 0.6) is 5.75 Å². The van der Waals surface area contributed by atoms with Crippen LogP contribution in [-0.2, 0) is 14.9 Å². The maximum absolute atomic E-state index is 12.7. The van der Waals surface area contributed by atoms with Crippen molar-refractivity contribution in [2.24, 2.45) is 0 Å². The third kappa shape index (κ3) is 2.22. The Morgan fingerprint density at radius 3 is 2.60 bits per heavy atom. The van der Waals surface area contributed by atoms with Gasteiger partial charge in [-0.25, -0.2) is 9.59 Å². The number of hydrogen-bond acceptors (Lipinski definition) is 5. The highest BCUT2D eigenvalue weighted by Crippen LogP contribution is 2.48. The third-order valence-corrected chi connectivity index (χ3v) is 5.50. The summed E-state index contributed by atoms with van der Waals surface area (Å²) >= 11 is 0. The second kappa shape index (κ2) is 5.22. The molecule has 130 valence electrons. The zero-order valence-electron chi connectivity index (χ0n) is 14.7. The van der Waals surface area contributed by atoms with Gasteiger partial charge in [-0.05, 0) is 38.5 Å². The molecule has 5 heteroatoms. The molecular weight excluding hydrogens is 320 g/mol. The Hall–Kier alpha value is -2.56. The van der Waals surface area contributed by atoms with Gasteiger partial charge in [-0.3, -0.25) is 0 Å². The summed E-state index contributed by atoms with van der Waals surface area (Å²) in [5, 5.41) is 0.836. The van der Waals surface area contributed by atoms with E-state index in [9.17, 15) is 9.59 Å². The second-order valence-electron chi connectivity index (χ2n) is 7.22. The van der Waals surface area contributed by atoms with Crippen LogP contribution in [0.2, 0.25) is 0 Å². The molecule has 3 atom stereocenters. The number of cyclic esters (lactones) is 1. The molecule has 5 nitrogen and oxygen atoms in total. The fourth-order valence-electron chi connectivity index (χ4n) is 3.90. The Kier molecular flexibility index (Phi) is 3.33. The van der Waals surface area contributed by atoms with Gasteiger partial charge in [-0.15, -0.1) is 0 Å². The topological polar surface area (TPSA) is 65.7 Å². The van der Waals surface area contributed by atoms with Crippen LogP contribution in [0, 0.1) is 6.92 Å². The molecule has 2 aliphatic rings. The molecule has 0 N–H and O–H groups in total. The van der Waals surface area contributed by atoms with Gasteiger partial charge in [-0.1, -0.05) is 19.1 Å². The molecule has 1 unspecified atom stereocenters. The second-order valence-corrected chi connectivity index (χ2v) is 7.22. The molecule has 2 aliphatic heterocycles. The molecule has 2 aromatic rings. The van der Waals surface area contributed by atoms with Crippen LogP contribution < -0.4 is 10.4 Å². The fraction of sp³-hybridized carbons (Fsp3) is 0.400. The molecule has 1 aromatic carbocycles. The van der Waals surface area contributed by atoms with E-state index in [1.165, 1.54) is 0 Å². The van der Waals surface area contributed by atoms with E-state index in [1.54, 1.807) is 13.0 Å². The Morgan fingerprint density at radius 1 is 1.16 bits per heavy atom. The summed E-state index contributed by atoms with van der Waals surface area (Å²) in [6.07, 6.45) is 1.70. The Labute approximate surface area is 145 Å². The number of esters is 1. The van der Waals surface area contributed by atoms with Crippen LogP contribution in [0.4, 0.5) is 0 Å². The van der Waals surface area contributed by atoms with E-state index in [2.05, 4.69) is 0 Å². The number of carbonyl (C=O) groups is 1. The van der Waals surface area contributed by atoms with Gasteiger partial charge >= 0.3 is 11.6 Å². The van der Waals surface area contributed by atoms with E-state index in [1.807, 2.05) is 39.0 Å². The average Bonchev–Trinajstić information content (AvgIpc) is 2.97. The molecule has 0 spiro atoms. The van der Waals surface area contributed by atoms with Crippen molar-refractivity contribution in [1.82, 2.24) is 0 Å². The molecule has 3 heterocycles. The predicted molar refractivity (Wildman–Crippen MR) is 92.9 cm³/mol. The van der Waals surface area contributed by atoms with Crippen molar-refractivity contribution in [2.45, 2.75) is 51.7 Å². The molecule has 0 aliphatic carbocycles. The molecule has 0 radical (unpaired) electrons. The van der Waals surface area contributed by atoms with Crippen LogP contribution in [0.3, 0.4) is 0 Å². The van der Waals surface area contributed by atoms with E-state index < -0.39 is 5.41 Å². The number of carbonyl (C=O) groups excluding carboxylic acids is 1. The van der Waals surface area contributed by atoms with Gasteiger partial charge in [0, 0.05) is 17.4 Å². The number of aryl methyl sites for hydroxylation is 1. The summed E-state index contributed by atoms with van der Waals surface area (Å²) in [6, 6.07) is 5.60. The normalized spacial score (nSPS) is 27.8. The fourth-order valence-corrected chi connectivity index (χ4v) is 3.90. The smallest absolute Gasteiger partial charge is 0.343 e. The number of hydrogen-bond donors (Lipinski definition) is 0. The summed E-state index contributed by atoms with van der Waals surface area (Å²) in [4.78, 5) is 24.4. The molecule has 1 aromatic heterocycles. The van der Waals surface area contributed by atoms with Crippen molar-refractivity contribution in [3.05, 3.63) is 51.4 Å². The van der Waals surface area contributed by atoms with Crippen LogP contribution in [0.1, 0.15) is 38.3 Å². The van der Waals surface area contributed by atoms with Gasteiger partial charge in [0.1, 0.15) is 23.5 Å². The van der Waals surface area contributed by atoms with Crippen LogP contribution in [0.25, 0.3) is 11.0 Å². The zero-order chi connectivity index (χ0) is 17.9. The van der Waals surface area contributed by atoms with Crippen molar-refractivity contribution in [1.29, 1.82) is 0 Å². The molecule has 0 bridgehead atoms. The molecule has 0 amide bonds. The average molecular weight is 340 g/mol. The molecule has 0 fully saturated rings. The van der Waals surface area contributed by atoms with Crippen molar-refractivity contribution >= 4 is 16.9 Å². The molecule has 0 saturated heterocycles. The number of benzene rings is 1. The third-order valence-electron chi connectivity index (χ3n) is 5.50. The van der Waals surface area contributed by atoms with Gasteiger partial charge < -0.3 is 13.9 Å². The van der Waals surface area contributed by atoms with E-state index in [4.69, 9.17) is 13.9 Å². The highest BCUT2D eigenvalue weighted by atomic mass is 16.5. The Morgan fingerprint density at radius 2 is 1.92 bits per heavy atom. The van der Waals surface area contributed by atoms with Gasteiger partial charge in [-0.2, -0.15) is 0 Å². The first-order valence-corrected chi connectivity index (χ1v) is 8.44. The van der Waals surface area contributed by atoms with Crippen molar-refractivity contribution in [2.75, 3.05) is 0 Å². The van der Waals surface area contributed by atoms with E-state index in [0.29, 0.717) is 28.9 Å². The highest BCUT2D eigenvalue weighted by Gasteiger charge is 2.49. The van der Waals surface area contributed by atoms with E-state index in [-0.39, 0.29) is 23.8 Å². The number of rotatable bonds is 2. The van der Waals surface area contributed by atoms with Gasteiger partial charge in [0.05, 0.1) is 10.9 Å². The maximum atomic E-state index is 12.7. The first-order valence-electron chi connectivity index (χ1n) is 8.44. The van der Waals surface area contributed by atoms with Gasteiger partial charge in [0.25, 0.3) is 0 Å². The van der Waals surface area contributed by atoms with Crippen molar-refractivity contribution in [3.8, 4) is 5.75 Å². The minimum atomic E-state index is -0.599. The maximum Gasteiger partial charge on any atom is 0.343 e. The Balaban J connectivity index is 1.87. The van der Waals surface area contributed by atoms with Gasteiger partial charge in [0.2, 0.25) is 0 Å². The Bertz CT molecular complexity index is 983. The monoisotopic (exact) mass is 340 g/mol. The largest absolute Gasteiger partial charge is 0.488 e. The van der Waals surface area contributed by atoms with Crippen molar-refractivity contribution < 1.29 is 18.7 Å². The standard InChI is InChI=1S/C20H20O5/c1-10-6-5-7-14-15(10)17-16(19(22)25-14)20(4,12(3)23-17)9-13-8-11(2)18(21)24-13/h5-8,12-13H,9H2,1-4H3/t12?,13-,20+/m1/s1. The number of ether oxygens (including phenoxy) is 2. The lowest BCUT2D eigenvalue weighted by molar-refractivity contribution is -0.140. The minimum Gasteiger partial charge on any atom is -0.488 e. The molecular formula is C20H20O5. The van der Waals surface area contributed by atoms with E-state index in [0.717, 1.165) is 10.9 Å². The first kappa shape index (κ1) is 15.9. The lowest BCUT2D eigenvalue weighted by atomic mass is 9.75. The summed E-state index contributed by atoms with van der Waals surface area (Å²) in [5.74, 6) is 0.297. The SMILES string of the molecule is CC1=C[C@H](C[C@]2(C)c3c(c4c(C)cccc4oc3=O)OC2C)OC1=O. The van der Waals surface area contributed by atoms with E-state index >= 15 is 0 Å². The quantitative estimate of drug-likeness (QED) is 0.619. The van der Waals surface area contributed by atoms with Crippen LogP contribution in [0.15, 0.2) is 39.1 Å². The zero-order valence-corrected chi connectivity index (χ0v) is 14.7. The summed E-state index contributed by atoms with van der Waals surface area (Å²) in [6.45, 7) is 7.62. The molecule has 0 saturated carbocycles. The lowest BCUT2D eigenvalue weighted by Gasteiger charge is -2.28. The lowest BCUT2D eigenvalue weighted by Crippen LogP contribution is -2.38. The summed E-state index contributed by atoms with van der Waals surface area (Å²) in [5.41, 5.74) is 1.68. The predicted octanol–water partition coefficient (Wildman–Crippen LogP) is 3.40. The number of fused-ring (bicyclic) bond motifs is 3.